The number of carboxylic acid groups (broad SMARTS) is 1. The number of thioether (sulfide) groups is 1. The summed E-state index contributed by atoms with van der Waals surface area (Å²) in [7, 11) is -32.9. The Bertz CT molecular complexity index is 4660. The van der Waals surface area contributed by atoms with Crippen molar-refractivity contribution in [2.45, 2.75) is 175 Å². The van der Waals surface area contributed by atoms with Crippen LogP contribution >= 0.6 is 77.4 Å². The molecule has 1 fully saturated rings. The fourth-order valence-corrected chi connectivity index (χ4v) is 22.7. The monoisotopic (exact) mass is 1600 g/mol. The lowest BCUT2D eigenvalue weighted by atomic mass is 9.79. The van der Waals surface area contributed by atoms with Crippen LogP contribution in [0, 0.1) is 6.92 Å². The molecule has 43 heteroatoms. The van der Waals surface area contributed by atoms with Gasteiger partial charge in [0.1, 0.15) is 12.3 Å². The second-order valence-corrected chi connectivity index (χ2v) is 37.9. The Morgan fingerprint density at radius 2 is 1.38 bits per heavy atom. The van der Waals surface area contributed by atoms with Crippen molar-refractivity contribution in [3.05, 3.63) is 98.2 Å². The van der Waals surface area contributed by atoms with Crippen molar-refractivity contribution in [3.63, 3.8) is 0 Å². The number of aliphatic hydroxyl groups is 1. The number of H-pyrrole nitrogens is 1. The number of hydrogen-bond acceptors (Lipinski definition) is 23. The molecule has 3 aromatic carbocycles. The molecule has 4 aliphatic rings. The number of ether oxygens (including phenoxy) is 2. The van der Waals surface area contributed by atoms with Gasteiger partial charge in [0.2, 0.25) is 11.8 Å². The number of phosphoric acid groups is 2. The molecule has 2 amide bonds. The number of carboxylic acids is 1. The molecule has 33 nitrogen and oxygen atoms in total. The normalized spacial score (nSPS) is 21.6. The SMILES string of the molecule is Cc1cn([C@H]2CC(O)[C@@H](COP(=O)(O)OP(=O)(O)CP(=O)(O)OP(=O)(O)OCCCCCCNC(=O)CCCCCNC(=O)CSc3c(Cl)c(Cl)c(C(=O)O)c(C4=c5cc6c(c(S(=O)(=O)O)c5Oc5c4cc4c(c5S(=O)(=O)O)NC(C)(C)CC4C)=NC(C)(C)CC6C)c3Cl)O2)c(=O)[nH]c1=O. The number of benzene rings is 3. The van der Waals surface area contributed by atoms with Gasteiger partial charge in [0.25, 0.3) is 25.8 Å². The van der Waals surface area contributed by atoms with E-state index in [4.69, 9.17) is 53.8 Å². The van der Waals surface area contributed by atoms with E-state index in [1.54, 1.807) is 41.5 Å². The van der Waals surface area contributed by atoms with Crippen molar-refractivity contribution in [1.29, 1.82) is 0 Å². The first-order valence-electron chi connectivity index (χ1n) is 30.8. The van der Waals surface area contributed by atoms with Crippen molar-refractivity contribution in [1.82, 2.24) is 20.2 Å². The zero-order valence-electron chi connectivity index (χ0n) is 54.5. The van der Waals surface area contributed by atoms with Crippen LogP contribution in [0.3, 0.4) is 0 Å². The summed E-state index contributed by atoms with van der Waals surface area (Å²) in [5.74, 6) is -7.07. The highest BCUT2D eigenvalue weighted by molar-refractivity contribution is 8.00. The predicted octanol–water partition coefficient (Wildman–Crippen LogP) is 8.34. The number of aromatic amines is 1. The average Bonchev–Trinajstić information content (AvgIpc) is 0.767. The fraction of sp³-hybridized carbons (Fsp3) is 0.544. The number of rotatable bonds is 31. The summed E-state index contributed by atoms with van der Waals surface area (Å²) in [6, 6.07) is 3.01. The van der Waals surface area contributed by atoms with Crippen LogP contribution in [0.5, 0.6) is 11.5 Å². The minimum Gasteiger partial charge on any atom is -0.478 e. The molecule has 0 radical (unpaired) electrons. The number of nitrogens with one attached hydrogen (secondary N) is 4. The number of phosphoric ester groups is 2. The van der Waals surface area contributed by atoms with Crippen LogP contribution < -0.4 is 42.5 Å². The summed E-state index contributed by atoms with van der Waals surface area (Å²) in [6.07, 6.45) is 0.562. The molecule has 12 N–H and O–H groups in total. The van der Waals surface area contributed by atoms with Gasteiger partial charge >= 0.3 is 42.5 Å². The van der Waals surface area contributed by atoms with Gasteiger partial charge in [-0.2, -0.15) is 16.8 Å². The van der Waals surface area contributed by atoms with Crippen LogP contribution in [-0.2, 0) is 70.5 Å². The molecule has 4 aromatic rings. The fourth-order valence-electron chi connectivity index (χ4n) is 12.3. The lowest BCUT2D eigenvalue weighted by Crippen LogP contribution is -2.39. The number of aliphatic hydroxyl groups excluding tert-OH is 1. The molecule has 1 saturated heterocycles. The highest BCUT2D eigenvalue weighted by atomic mass is 35.5. The van der Waals surface area contributed by atoms with E-state index in [0.29, 0.717) is 56.9 Å². The maximum absolute atomic E-state index is 13.8. The largest absolute Gasteiger partial charge is 0.479 e. The number of anilines is 1. The lowest BCUT2D eigenvalue weighted by molar-refractivity contribution is -0.121. The van der Waals surface area contributed by atoms with Crippen LogP contribution in [0.25, 0.3) is 5.57 Å². The number of aryl methyl sites for hydroxylation is 1. The maximum Gasteiger partial charge on any atom is 0.479 e. The Balaban J connectivity index is 0.812. The molecule has 0 spiro atoms. The van der Waals surface area contributed by atoms with Crippen LogP contribution in [-0.4, -0.2) is 144 Å². The topological polar surface area (TPSA) is 508 Å². The number of amides is 2. The van der Waals surface area contributed by atoms with E-state index in [1.165, 1.54) is 19.1 Å². The summed E-state index contributed by atoms with van der Waals surface area (Å²) < 4.78 is 158. The summed E-state index contributed by atoms with van der Waals surface area (Å²) in [4.78, 5) is 109. The molecule has 9 atom stereocenters. The van der Waals surface area contributed by atoms with Gasteiger partial charge in [-0.15, -0.1) is 11.8 Å². The number of carbonyl (C=O) groups excluding carboxylic acids is 2. The maximum atomic E-state index is 13.8. The number of hydrogen-bond donors (Lipinski definition) is 12. The quantitative estimate of drug-likeness (QED) is 0.00651. The molecular weight excluding hydrogens is 1530 g/mol. The number of carbonyl (C=O) groups is 3. The third-order valence-corrected chi connectivity index (χ3v) is 28.2. The number of fused-ring (bicyclic) bond motifs is 4. The minimum absolute atomic E-state index is 0.0844. The first kappa shape index (κ1) is 81.3. The Morgan fingerprint density at radius 3 is 2.00 bits per heavy atom. The van der Waals surface area contributed by atoms with E-state index >= 15 is 0 Å². The van der Waals surface area contributed by atoms with Crippen LogP contribution in [0.1, 0.15) is 168 Å². The number of halogens is 3. The number of unbranched alkanes of at least 4 members (excludes halogenated alkanes) is 5. The van der Waals surface area contributed by atoms with Gasteiger partial charge in [0, 0.05) is 70.0 Å². The second kappa shape index (κ2) is 31.3. The van der Waals surface area contributed by atoms with Gasteiger partial charge in [0.15, 0.2) is 27.2 Å². The molecule has 100 heavy (non-hydrogen) atoms. The molecule has 4 aliphatic heterocycles. The molecule has 5 heterocycles. The number of nitrogens with zero attached hydrogens (tertiary/aromatic N) is 2. The third kappa shape index (κ3) is 19.7. The van der Waals surface area contributed by atoms with Crippen molar-refractivity contribution in [3.8, 4) is 11.5 Å². The zero-order chi connectivity index (χ0) is 74.4. The Morgan fingerprint density at radius 1 is 0.790 bits per heavy atom. The van der Waals surface area contributed by atoms with E-state index in [2.05, 4.69) is 29.1 Å². The average molecular weight is 1600 g/mol. The van der Waals surface area contributed by atoms with Crippen molar-refractivity contribution >= 4 is 127 Å². The van der Waals surface area contributed by atoms with Crippen molar-refractivity contribution in [2.75, 3.05) is 43.3 Å². The third-order valence-electron chi connectivity index (χ3n) is 16.3. The van der Waals surface area contributed by atoms with E-state index < -0.39 is 177 Å². The standard InChI is InChI=1S/C57H75Cl3N6O27P4S3/c1-28-22-56(4,5)64-46-31(28)19-33-40(34-20-32-29(2)23-57(6,7)65-47(32)52(100(85,86)87)49(34)91-48(33)51(46)99(82,83)84)41-42(54(71)72)43(58)45(60)50(44(41)59)98-26-38(69)62-17-13-10-11-15-37(68)61-16-12-8-9-14-18-88-96(78,79)92-94(74,75)27-95(76,77)93-97(80,81)89-25-36-35(67)21-39(90-36)66-24-30(3)53(70)63-55(66)73/h19-20,24,28-29,35-36,39,64,67H,8-18,21-23,25-27H2,1-7H3,(H,61,68)(H,62,69)(H,71,72)(H,74,75)(H,76,77)(H,78,79)(H,80,81)(H,63,70,73)(H,82,83,84)(H,85,86,87)/t28?,29?,35?,36-,39-/m1/s1. The van der Waals surface area contributed by atoms with E-state index in [1.807, 2.05) is 4.98 Å². The predicted molar refractivity (Wildman–Crippen MR) is 364 cm³/mol. The molecule has 554 valence electrons. The van der Waals surface area contributed by atoms with Gasteiger partial charge < -0.3 is 55.2 Å². The van der Waals surface area contributed by atoms with Gasteiger partial charge in [-0.05, 0) is 108 Å². The van der Waals surface area contributed by atoms with Crippen LogP contribution in [0.15, 0.2) is 47.6 Å². The van der Waals surface area contributed by atoms with E-state index in [9.17, 15) is 98.0 Å². The highest BCUT2D eigenvalue weighted by Gasteiger charge is 2.47. The Kier molecular flexibility index (Phi) is 25.5. The first-order valence-corrected chi connectivity index (χ1v) is 42.3. The van der Waals surface area contributed by atoms with Gasteiger partial charge in [-0.25, -0.2) is 27.3 Å². The van der Waals surface area contributed by atoms with Gasteiger partial charge in [-0.1, -0.05) is 67.9 Å². The lowest BCUT2D eigenvalue weighted by Gasteiger charge is -2.40. The summed E-state index contributed by atoms with van der Waals surface area (Å²) in [5, 5.41) is 28.3. The Labute approximate surface area is 591 Å². The van der Waals surface area contributed by atoms with Crippen molar-refractivity contribution in [2.24, 2.45) is 4.99 Å². The molecule has 1 aromatic heterocycles. The highest BCUT2D eigenvalue weighted by Crippen LogP contribution is 2.70. The Hall–Kier alpha value is -4.42. The van der Waals surface area contributed by atoms with Crippen LogP contribution in [0.2, 0.25) is 15.1 Å². The zero-order valence-corrected chi connectivity index (χ0v) is 62.8. The smallest absolute Gasteiger partial charge is 0.478 e. The molecule has 7 unspecified atom stereocenters. The second-order valence-electron chi connectivity index (χ2n) is 25.7. The summed E-state index contributed by atoms with van der Waals surface area (Å²) >= 11 is 21.8. The summed E-state index contributed by atoms with van der Waals surface area (Å²) in [6.45, 7) is 11.0. The minimum atomic E-state index is -5.64. The molecular formula is C57H75Cl3N6O27P4S3. The van der Waals surface area contributed by atoms with Gasteiger partial charge in [0.05, 0.1) is 62.3 Å². The van der Waals surface area contributed by atoms with E-state index in [-0.39, 0.29) is 92.5 Å². The summed E-state index contributed by atoms with van der Waals surface area (Å²) in [5.41, 5.74) is -4.10. The van der Waals surface area contributed by atoms with Crippen molar-refractivity contribution < 1.29 is 116 Å². The van der Waals surface area contributed by atoms with Crippen LogP contribution in [0.4, 0.5) is 5.69 Å². The molecule has 0 aliphatic carbocycles. The van der Waals surface area contributed by atoms with E-state index in [0.717, 1.165) is 22.5 Å². The molecule has 0 bridgehead atoms. The first-order chi connectivity index (χ1) is 46.1. The molecule has 8 rings (SSSR count). The number of aromatic carboxylic acids is 1. The van der Waals surface area contributed by atoms with Gasteiger partial charge in [-0.3, -0.25) is 56.2 Å². The number of aromatic nitrogens is 2. The molecule has 0 saturated carbocycles.